The van der Waals surface area contributed by atoms with Crippen molar-refractivity contribution in [3.8, 4) is 5.75 Å². The lowest BCUT2D eigenvalue weighted by Gasteiger charge is -2.51. The van der Waals surface area contributed by atoms with E-state index in [-0.39, 0.29) is 24.0 Å². The lowest BCUT2D eigenvalue weighted by Crippen LogP contribution is -2.70. The Balaban J connectivity index is 2.46. The SMILES string of the molecule is CCOC(=O)C[C@H](O[Si](C)(C)C(C)(C)C)[C@@H]1[C@H](N=[N+]=[N-])C(=O)N1c1ccc(OC)cc1. The average Bonchev–Trinajstić information content (AvgIpc) is 2.69. The van der Waals surface area contributed by atoms with E-state index in [1.807, 2.05) is 0 Å². The maximum Gasteiger partial charge on any atom is 0.308 e. The molecule has 10 heteroatoms. The van der Waals surface area contributed by atoms with Gasteiger partial charge >= 0.3 is 5.97 Å². The van der Waals surface area contributed by atoms with Crippen LogP contribution < -0.4 is 9.64 Å². The van der Waals surface area contributed by atoms with E-state index in [1.165, 1.54) is 4.90 Å². The van der Waals surface area contributed by atoms with Crippen molar-refractivity contribution in [2.24, 2.45) is 5.11 Å². The van der Waals surface area contributed by atoms with E-state index in [2.05, 4.69) is 43.9 Å². The third-order valence-electron chi connectivity index (χ3n) is 5.95. The molecule has 0 spiro atoms. The van der Waals surface area contributed by atoms with E-state index in [1.54, 1.807) is 38.3 Å². The Labute approximate surface area is 184 Å². The van der Waals surface area contributed by atoms with Crippen LogP contribution in [-0.4, -0.2) is 52.1 Å². The van der Waals surface area contributed by atoms with Crippen molar-refractivity contribution in [3.05, 3.63) is 34.7 Å². The molecule has 0 bridgehead atoms. The summed E-state index contributed by atoms with van der Waals surface area (Å²) in [5.74, 6) is -0.0963. The molecule has 0 saturated carbocycles. The molecule has 1 fully saturated rings. The number of carbonyl (C=O) groups is 2. The molecule has 31 heavy (non-hydrogen) atoms. The monoisotopic (exact) mass is 448 g/mol. The van der Waals surface area contributed by atoms with E-state index >= 15 is 0 Å². The highest BCUT2D eigenvalue weighted by atomic mass is 28.4. The summed E-state index contributed by atoms with van der Waals surface area (Å²) < 4.78 is 16.9. The molecule has 170 valence electrons. The summed E-state index contributed by atoms with van der Waals surface area (Å²) >= 11 is 0. The number of rotatable bonds is 9. The molecular weight excluding hydrogens is 416 g/mol. The van der Waals surface area contributed by atoms with E-state index < -0.39 is 32.5 Å². The van der Waals surface area contributed by atoms with Crippen LogP contribution in [0.5, 0.6) is 5.75 Å². The Hall–Kier alpha value is -2.55. The second kappa shape index (κ2) is 9.72. The Morgan fingerprint density at radius 3 is 2.39 bits per heavy atom. The molecule has 0 N–H and O–H groups in total. The van der Waals surface area contributed by atoms with Gasteiger partial charge in [-0.15, -0.1) is 0 Å². The number of hydrogen-bond donors (Lipinski definition) is 0. The zero-order valence-electron chi connectivity index (χ0n) is 19.3. The summed E-state index contributed by atoms with van der Waals surface area (Å²) in [5, 5.41) is 3.60. The number of β-lactam (4-membered cyclic amide) rings is 1. The average molecular weight is 449 g/mol. The number of amides is 1. The van der Waals surface area contributed by atoms with Gasteiger partial charge in [0.15, 0.2) is 8.32 Å². The normalized spacial score (nSPS) is 19.8. The number of benzene rings is 1. The van der Waals surface area contributed by atoms with Gasteiger partial charge in [0.1, 0.15) is 11.8 Å². The van der Waals surface area contributed by atoms with Crippen molar-refractivity contribution in [2.75, 3.05) is 18.6 Å². The first-order valence-electron chi connectivity index (χ1n) is 10.3. The molecule has 2 rings (SSSR count). The second-order valence-corrected chi connectivity index (χ2v) is 13.7. The van der Waals surface area contributed by atoms with Gasteiger partial charge in [0.25, 0.3) is 0 Å². The smallest absolute Gasteiger partial charge is 0.308 e. The summed E-state index contributed by atoms with van der Waals surface area (Å²) in [6.07, 6.45) is -0.710. The number of ether oxygens (including phenoxy) is 2. The molecule has 1 amide bonds. The Bertz CT molecular complexity index is 846. The lowest BCUT2D eigenvalue weighted by atomic mass is 9.88. The molecular formula is C21H32N4O5Si. The summed E-state index contributed by atoms with van der Waals surface area (Å²) in [6, 6.07) is 5.44. The summed E-state index contributed by atoms with van der Waals surface area (Å²) in [7, 11) is -0.761. The molecule has 0 unspecified atom stereocenters. The van der Waals surface area contributed by atoms with Crippen molar-refractivity contribution in [2.45, 2.75) is 70.4 Å². The topological polar surface area (TPSA) is 114 Å². The van der Waals surface area contributed by atoms with E-state index in [0.29, 0.717) is 11.4 Å². The van der Waals surface area contributed by atoms with Crippen molar-refractivity contribution in [1.29, 1.82) is 0 Å². The Morgan fingerprint density at radius 1 is 1.29 bits per heavy atom. The van der Waals surface area contributed by atoms with Crippen molar-refractivity contribution in [1.82, 2.24) is 0 Å². The van der Waals surface area contributed by atoms with Crippen molar-refractivity contribution >= 4 is 25.9 Å². The van der Waals surface area contributed by atoms with Gasteiger partial charge in [-0.25, -0.2) is 0 Å². The van der Waals surface area contributed by atoms with E-state index in [0.717, 1.165) is 0 Å². The van der Waals surface area contributed by atoms with Crippen molar-refractivity contribution in [3.63, 3.8) is 0 Å². The lowest BCUT2D eigenvalue weighted by molar-refractivity contribution is -0.146. The number of hydrogen-bond acceptors (Lipinski definition) is 6. The quantitative estimate of drug-likeness (QED) is 0.138. The largest absolute Gasteiger partial charge is 0.497 e. The van der Waals surface area contributed by atoms with Crippen molar-refractivity contribution < 1.29 is 23.5 Å². The second-order valence-electron chi connectivity index (χ2n) is 8.97. The van der Waals surface area contributed by atoms with Gasteiger partial charge in [-0.2, -0.15) is 0 Å². The third kappa shape index (κ3) is 5.39. The minimum absolute atomic E-state index is 0.0393. The minimum Gasteiger partial charge on any atom is -0.497 e. The zero-order chi connectivity index (χ0) is 23.4. The first-order valence-corrected chi connectivity index (χ1v) is 13.2. The summed E-state index contributed by atoms with van der Waals surface area (Å²) in [5.41, 5.74) is 9.64. The van der Waals surface area contributed by atoms with Crippen LogP contribution in [0.4, 0.5) is 5.69 Å². The number of azide groups is 1. The molecule has 0 aromatic heterocycles. The molecule has 1 heterocycles. The molecule has 0 radical (unpaired) electrons. The molecule has 1 aliphatic heterocycles. The molecule has 1 aromatic rings. The van der Waals surface area contributed by atoms with Gasteiger partial charge in [-0.1, -0.05) is 25.9 Å². The number of esters is 1. The number of anilines is 1. The third-order valence-corrected chi connectivity index (χ3v) is 10.4. The van der Waals surface area contributed by atoms with E-state index in [9.17, 15) is 9.59 Å². The zero-order valence-corrected chi connectivity index (χ0v) is 20.3. The van der Waals surface area contributed by atoms with Gasteiger partial charge in [0.2, 0.25) is 5.91 Å². The fourth-order valence-electron chi connectivity index (χ4n) is 3.25. The maximum atomic E-state index is 12.9. The molecule has 0 aliphatic carbocycles. The molecule has 1 aromatic carbocycles. The van der Waals surface area contributed by atoms with Crippen LogP contribution in [0.2, 0.25) is 18.1 Å². The van der Waals surface area contributed by atoms with Gasteiger partial charge < -0.3 is 18.8 Å². The number of carbonyl (C=O) groups excluding carboxylic acids is 2. The number of nitrogens with zero attached hydrogens (tertiary/aromatic N) is 4. The minimum atomic E-state index is -2.32. The standard InChI is InChI=1S/C21H32N4O5Si/c1-8-29-17(26)13-16(30-31(6,7)21(2,3)4)19-18(23-24-22)20(27)25(19)14-9-11-15(28-5)12-10-14/h9-12,16,18-19H,8,13H2,1-7H3/t16-,18-,19+/m0/s1. The summed E-state index contributed by atoms with van der Waals surface area (Å²) in [4.78, 5) is 29.7. The molecule has 9 nitrogen and oxygen atoms in total. The highest BCUT2D eigenvalue weighted by molar-refractivity contribution is 6.74. The molecule has 1 saturated heterocycles. The van der Waals surface area contributed by atoms with Crippen LogP contribution in [0.25, 0.3) is 10.4 Å². The van der Waals surface area contributed by atoms with Crippen LogP contribution in [0.15, 0.2) is 29.4 Å². The predicted octanol–water partition coefficient (Wildman–Crippen LogP) is 4.43. The molecule has 1 aliphatic rings. The molecule has 3 atom stereocenters. The first-order chi connectivity index (χ1) is 14.5. The van der Waals surface area contributed by atoms with Gasteiger partial charge in [-0.05, 0) is 54.9 Å². The number of methoxy groups -OCH3 is 1. The van der Waals surface area contributed by atoms with Crippen LogP contribution in [-0.2, 0) is 18.8 Å². The van der Waals surface area contributed by atoms with Crippen LogP contribution in [0, 0.1) is 0 Å². The van der Waals surface area contributed by atoms with Crippen LogP contribution >= 0.6 is 0 Å². The first kappa shape index (κ1) is 24.7. The van der Waals surface area contributed by atoms with Crippen LogP contribution in [0.3, 0.4) is 0 Å². The van der Waals surface area contributed by atoms with Gasteiger partial charge in [0, 0.05) is 10.6 Å². The van der Waals surface area contributed by atoms with Crippen LogP contribution in [0.1, 0.15) is 34.1 Å². The maximum absolute atomic E-state index is 12.9. The van der Waals surface area contributed by atoms with Gasteiger partial charge in [0.05, 0.1) is 32.3 Å². The Morgan fingerprint density at radius 2 is 1.90 bits per heavy atom. The van der Waals surface area contributed by atoms with E-state index in [4.69, 9.17) is 19.4 Å². The highest BCUT2D eigenvalue weighted by Gasteiger charge is 2.54. The predicted molar refractivity (Wildman–Crippen MR) is 121 cm³/mol. The van der Waals surface area contributed by atoms with Gasteiger partial charge in [-0.3, -0.25) is 9.59 Å². The summed E-state index contributed by atoms with van der Waals surface area (Å²) in [6.45, 7) is 12.4. The Kier molecular flexibility index (Phi) is 7.75. The fourth-order valence-corrected chi connectivity index (χ4v) is 4.58. The fraction of sp³-hybridized carbons (Fsp3) is 0.619. The highest BCUT2D eigenvalue weighted by Crippen LogP contribution is 2.41.